The summed E-state index contributed by atoms with van der Waals surface area (Å²) in [5, 5.41) is 0. The molecule has 116 valence electrons. The molecule has 0 aliphatic carbocycles. The van der Waals surface area contributed by atoms with Crippen molar-refractivity contribution >= 4 is 11.8 Å². The van der Waals surface area contributed by atoms with Gasteiger partial charge in [0.25, 0.3) is 0 Å². The van der Waals surface area contributed by atoms with Gasteiger partial charge < -0.3 is 9.47 Å². The number of hydrogen-bond acceptors (Lipinski definition) is 5. The molecular weight excluding hydrogens is 272 g/mol. The first kappa shape index (κ1) is 15.1. The van der Waals surface area contributed by atoms with Gasteiger partial charge in [0.05, 0.1) is 5.60 Å². The molecule has 3 aliphatic rings. The topological polar surface area (TPSA) is 56.5 Å². The van der Waals surface area contributed by atoms with Crippen molar-refractivity contribution in [3.63, 3.8) is 0 Å². The summed E-state index contributed by atoms with van der Waals surface area (Å²) in [5.74, 6) is 9.77. The van der Waals surface area contributed by atoms with E-state index in [1.807, 2.05) is 0 Å². The van der Waals surface area contributed by atoms with Crippen molar-refractivity contribution in [2.45, 2.75) is 50.2 Å². The molecule has 0 amide bonds. The lowest BCUT2D eigenvalue weighted by Gasteiger charge is -2.47. The highest BCUT2D eigenvalue weighted by Crippen LogP contribution is 2.42. The second kappa shape index (κ2) is 6.97. The number of nitrogens with two attached hydrogens (primary N) is 1. The molecule has 0 aromatic heterocycles. The fraction of sp³-hybridized carbons (Fsp3) is 1.00. The first-order chi connectivity index (χ1) is 9.83. The van der Waals surface area contributed by atoms with E-state index in [4.69, 9.17) is 15.3 Å². The first-order valence-electron chi connectivity index (χ1n) is 8.09. The fourth-order valence-electron chi connectivity index (χ4n) is 4.20. The van der Waals surface area contributed by atoms with Crippen molar-refractivity contribution in [3.05, 3.63) is 0 Å². The molecular formula is C15H28N2O2S. The maximum absolute atomic E-state index is 6.21. The van der Waals surface area contributed by atoms with E-state index in [2.05, 4.69) is 17.2 Å². The molecule has 3 N–H and O–H groups in total. The summed E-state index contributed by atoms with van der Waals surface area (Å²) in [5.41, 5.74) is 3.31. The van der Waals surface area contributed by atoms with Gasteiger partial charge in [-0.25, -0.2) is 0 Å². The Morgan fingerprint density at radius 2 is 1.75 bits per heavy atom. The van der Waals surface area contributed by atoms with Crippen LogP contribution in [0.2, 0.25) is 0 Å². The van der Waals surface area contributed by atoms with Crippen LogP contribution in [0.3, 0.4) is 0 Å². The molecule has 3 fully saturated rings. The summed E-state index contributed by atoms with van der Waals surface area (Å²) >= 11 is 2.07. The zero-order valence-electron chi connectivity index (χ0n) is 12.3. The van der Waals surface area contributed by atoms with Crippen LogP contribution in [-0.4, -0.2) is 43.0 Å². The molecule has 0 aromatic carbocycles. The Kier molecular flexibility index (Phi) is 5.26. The molecule has 2 atom stereocenters. The van der Waals surface area contributed by atoms with E-state index in [9.17, 15) is 0 Å². The zero-order valence-corrected chi connectivity index (χ0v) is 13.1. The first-order valence-corrected chi connectivity index (χ1v) is 9.24. The van der Waals surface area contributed by atoms with Crippen LogP contribution in [0.5, 0.6) is 0 Å². The van der Waals surface area contributed by atoms with Gasteiger partial charge in [-0.05, 0) is 61.9 Å². The molecule has 3 rings (SSSR count). The average Bonchev–Trinajstić information content (AvgIpc) is 2.50. The zero-order chi connectivity index (χ0) is 13.8. The highest BCUT2D eigenvalue weighted by molar-refractivity contribution is 7.99. The lowest BCUT2D eigenvalue weighted by Crippen LogP contribution is -2.53. The molecule has 4 nitrogen and oxygen atoms in total. The van der Waals surface area contributed by atoms with Crippen molar-refractivity contribution in [2.75, 3.05) is 31.3 Å². The van der Waals surface area contributed by atoms with Gasteiger partial charge in [0.1, 0.15) is 0 Å². The van der Waals surface area contributed by atoms with Crippen LogP contribution in [0.25, 0.3) is 0 Å². The number of hydrogen-bond donors (Lipinski definition) is 2. The van der Waals surface area contributed by atoms with E-state index >= 15 is 0 Å². The van der Waals surface area contributed by atoms with E-state index in [1.165, 1.54) is 30.8 Å². The van der Waals surface area contributed by atoms with Crippen molar-refractivity contribution in [3.8, 4) is 0 Å². The van der Waals surface area contributed by atoms with Crippen LogP contribution < -0.4 is 11.3 Å². The Hall–Kier alpha value is 0.190. The summed E-state index contributed by atoms with van der Waals surface area (Å²) in [6.45, 7) is 2.71. The van der Waals surface area contributed by atoms with Gasteiger partial charge in [-0.3, -0.25) is 11.3 Å². The third kappa shape index (κ3) is 3.33. The van der Waals surface area contributed by atoms with Crippen LogP contribution in [0.1, 0.15) is 38.5 Å². The average molecular weight is 300 g/mol. The molecule has 0 radical (unpaired) electrons. The maximum Gasteiger partial charge on any atom is 0.0701 e. The third-order valence-corrected chi connectivity index (χ3v) is 6.39. The van der Waals surface area contributed by atoms with E-state index in [0.29, 0.717) is 17.9 Å². The highest BCUT2D eigenvalue weighted by atomic mass is 32.2. The van der Waals surface area contributed by atoms with Crippen molar-refractivity contribution in [1.82, 2.24) is 5.43 Å². The van der Waals surface area contributed by atoms with Gasteiger partial charge in [-0.2, -0.15) is 11.8 Å². The van der Waals surface area contributed by atoms with Crippen molar-refractivity contribution in [2.24, 2.45) is 17.7 Å². The molecule has 3 heterocycles. The standard InChI is InChI=1S/C15H28N2O2S/c16-17-14(12-1-6-18-7-2-12)13-3-8-19-15(11-13)4-9-20-10-5-15/h12-14,17H,1-11,16H2. The summed E-state index contributed by atoms with van der Waals surface area (Å²) in [7, 11) is 0. The van der Waals surface area contributed by atoms with Gasteiger partial charge in [0, 0.05) is 25.9 Å². The van der Waals surface area contributed by atoms with Crippen LogP contribution >= 0.6 is 11.8 Å². The van der Waals surface area contributed by atoms with E-state index in [0.717, 1.165) is 39.1 Å². The Labute approximate surface area is 126 Å². The normalized spacial score (nSPS) is 33.1. The Morgan fingerprint density at radius 3 is 2.45 bits per heavy atom. The maximum atomic E-state index is 6.21. The molecule has 20 heavy (non-hydrogen) atoms. The van der Waals surface area contributed by atoms with Gasteiger partial charge in [0.15, 0.2) is 0 Å². The number of nitrogens with one attached hydrogen (secondary N) is 1. The van der Waals surface area contributed by atoms with Crippen LogP contribution in [0.4, 0.5) is 0 Å². The molecule has 3 saturated heterocycles. The highest BCUT2D eigenvalue weighted by Gasteiger charge is 2.42. The van der Waals surface area contributed by atoms with Gasteiger partial charge in [0.2, 0.25) is 0 Å². The molecule has 2 unspecified atom stereocenters. The molecule has 0 saturated carbocycles. The summed E-state index contributed by atoms with van der Waals surface area (Å²) in [6, 6.07) is 0.439. The molecule has 0 bridgehead atoms. The quantitative estimate of drug-likeness (QED) is 0.616. The van der Waals surface area contributed by atoms with Crippen LogP contribution in [-0.2, 0) is 9.47 Å². The van der Waals surface area contributed by atoms with E-state index < -0.39 is 0 Å². The van der Waals surface area contributed by atoms with Crippen molar-refractivity contribution < 1.29 is 9.47 Å². The Balaban J connectivity index is 1.64. The monoisotopic (exact) mass is 300 g/mol. The predicted molar refractivity (Wildman–Crippen MR) is 82.6 cm³/mol. The minimum Gasteiger partial charge on any atom is -0.381 e. The Morgan fingerprint density at radius 1 is 1.05 bits per heavy atom. The number of rotatable bonds is 3. The third-order valence-electron chi connectivity index (χ3n) is 5.41. The van der Waals surface area contributed by atoms with Crippen LogP contribution in [0, 0.1) is 11.8 Å². The van der Waals surface area contributed by atoms with Crippen LogP contribution in [0.15, 0.2) is 0 Å². The lowest BCUT2D eigenvalue weighted by molar-refractivity contribution is -0.112. The lowest BCUT2D eigenvalue weighted by atomic mass is 9.74. The number of hydrazine groups is 1. The molecule has 3 aliphatic heterocycles. The largest absolute Gasteiger partial charge is 0.381 e. The summed E-state index contributed by atoms with van der Waals surface area (Å²) in [6.07, 6.45) is 7.09. The smallest absolute Gasteiger partial charge is 0.0701 e. The summed E-state index contributed by atoms with van der Waals surface area (Å²) in [4.78, 5) is 0. The second-order valence-corrected chi connectivity index (χ2v) is 7.76. The molecule has 5 heteroatoms. The number of thioether (sulfide) groups is 1. The van der Waals surface area contributed by atoms with Gasteiger partial charge >= 0.3 is 0 Å². The summed E-state index contributed by atoms with van der Waals surface area (Å²) < 4.78 is 11.7. The second-order valence-electron chi connectivity index (χ2n) is 6.54. The van der Waals surface area contributed by atoms with E-state index in [-0.39, 0.29) is 5.60 Å². The van der Waals surface area contributed by atoms with Gasteiger partial charge in [-0.15, -0.1) is 0 Å². The van der Waals surface area contributed by atoms with Crippen molar-refractivity contribution in [1.29, 1.82) is 0 Å². The molecule has 0 aromatic rings. The minimum atomic E-state index is 0.161. The SMILES string of the molecule is NNC(C1CCOCC1)C1CCOC2(CCSCC2)C1. The Bertz CT molecular complexity index is 299. The predicted octanol–water partition coefficient (Wildman–Crippen LogP) is 1.94. The fourth-order valence-corrected chi connectivity index (χ4v) is 5.43. The molecule has 1 spiro atoms. The van der Waals surface area contributed by atoms with E-state index in [1.54, 1.807) is 0 Å². The number of ether oxygens (including phenoxy) is 2. The minimum absolute atomic E-state index is 0.161. The van der Waals surface area contributed by atoms with Gasteiger partial charge in [-0.1, -0.05) is 0 Å².